The first kappa shape index (κ1) is 18.7. The van der Waals surface area contributed by atoms with E-state index in [2.05, 4.69) is 72.8 Å². The molecule has 0 aliphatic rings. The van der Waals surface area contributed by atoms with Crippen LogP contribution < -0.4 is 5.32 Å². The van der Waals surface area contributed by atoms with Crippen molar-refractivity contribution in [3.8, 4) is 0 Å². The average Bonchev–Trinajstić information content (AvgIpc) is 2.74. The second kappa shape index (κ2) is 7.28. The monoisotopic (exact) mass is 309 g/mol. The number of rotatable bonds is 6. The van der Waals surface area contributed by atoms with Crippen LogP contribution in [0.3, 0.4) is 0 Å². The van der Waals surface area contributed by atoms with Crippen LogP contribution in [0.25, 0.3) is 0 Å². The van der Waals surface area contributed by atoms with E-state index in [9.17, 15) is 0 Å². The van der Waals surface area contributed by atoms with Crippen LogP contribution in [0.5, 0.6) is 0 Å². The molecule has 0 spiro atoms. The zero-order valence-corrected chi connectivity index (χ0v) is 16.2. The number of hydrogen-bond acceptors (Lipinski definition) is 2. The maximum absolute atomic E-state index is 3.69. The number of nitrogens with one attached hydrogen (secondary N) is 1. The van der Waals surface area contributed by atoms with E-state index in [1.165, 1.54) is 22.6 Å². The van der Waals surface area contributed by atoms with Gasteiger partial charge in [0.15, 0.2) is 0 Å². The van der Waals surface area contributed by atoms with Crippen molar-refractivity contribution < 1.29 is 0 Å². The normalized spacial score (nSPS) is 16.0. The minimum atomic E-state index is 0.261. The number of thiophene rings is 1. The SMILES string of the molecule is CCNC(CC(C)CC(C)(C)C)c1ccc(C(C)(C)C)s1. The molecule has 0 aliphatic carbocycles. The lowest BCUT2D eigenvalue weighted by atomic mass is 9.82. The Morgan fingerprint density at radius 3 is 2.14 bits per heavy atom. The van der Waals surface area contributed by atoms with E-state index in [-0.39, 0.29) is 5.41 Å². The van der Waals surface area contributed by atoms with Crippen molar-refractivity contribution in [2.45, 2.75) is 79.7 Å². The Kier molecular flexibility index (Phi) is 6.49. The van der Waals surface area contributed by atoms with Gasteiger partial charge in [-0.2, -0.15) is 0 Å². The van der Waals surface area contributed by atoms with Crippen LogP contribution in [0.1, 0.15) is 84.0 Å². The van der Waals surface area contributed by atoms with Crippen molar-refractivity contribution in [1.82, 2.24) is 5.32 Å². The van der Waals surface area contributed by atoms with Gasteiger partial charge in [-0.25, -0.2) is 0 Å². The van der Waals surface area contributed by atoms with Gasteiger partial charge in [-0.05, 0) is 48.3 Å². The lowest BCUT2D eigenvalue weighted by Crippen LogP contribution is -2.23. The summed E-state index contributed by atoms with van der Waals surface area (Å²) in [5.74, 6) is 0.745. The van der Waals surface area contributed by atoms with Gasteiger partial charge in [0.2, 0.25) is 0 Å². The van der Waals surface area contributed by atoms with E-state index in [0.717, 1.165) is 12.5 Å². The lowest BCUT2D eigenvalue weighted by Gasteiger charge is -2.27. The van der Waals surface area contributed by atoms with Crippen molar-refractivity contribution in [3.05, 3.63) is 21.9 Å². The first-order valence-corrected chi connectivity index (χ1v) is 9.18. The summed E-state index contributed by atoms with van der Waals surface area (Å²) >= 11 is 1.99. The molecule has 1 heterocycles. The van der Waals surface area contributed by atoms with Gasteiger partial charge in [0.05, 0.1) is 0 Å². The maximum atomic E-state index is 3.69. The van der Waals surface area contributed by atoms with Crippen molar-refractivity contribution >= 4 is 11.3 Å². The van der Waals surface area contributed by atoms with E-state index in [1.807, 2.05) is 11.3 Å². The highest BCUT2D eigenvalue weighted by Gasteiger charge is 2.23. The molecule has 1 aromatic rings. The third kappa shape index (κ3) is 6.52. The van der Waals surface area contributed by atoms with E-state index in [4.69, 9.17) is 0 Å². The van der Waals surface area contributed by atoms with Crippen LogP contribution >= 0.6 is 11.3 Å². The number of hydrogen-bond donors (Lipinski definition) is 1. The highest BCUT2D eigenvalue weighted by Crippen LogP contribution is 2.36. The minimum Gasteiger partial charge on any atom is -0.310 e. The van der Waals surface area contributed by atoms with Gasteiger partial charge < -0.3 is 5.32 Å². The van der Waals surface area contributed by atoms with E-state index < -0.39 is 0 Å². The smallest absolute Gasteiger partial charge is 0.0417 e. The van der Waals surface area contributed by atoms with Gasteiger partial charge in [0.25, 0.3) is 0 Å². The highest BCUT2D eigenvalue weighted by atomic mass is 32.1. The zero-order valence-electron chi connectivity index (χ0n) is 15.3. The molecule has 122 valence electrons. The quantitative estimate of drug-likeness (QED) is 0.663. The second-order valence-corrected chi connectivity index (χ2v) is 9.78. The topological polar surface area (TPSA) is 12.0 Å². The zero-order chi connectivity index (χ0) is 16.3. The van der Waals surface area contributed by atoms with Crippen molar-refractivity contribution in [2.75, 3.05) is 6.54 Å². The molecule has 0 saturated carbocycles. The van der Waals surface area contributed by atoms with Crippen LogP contribution in [0.15, 0.2) is 12.1 Å². The minimum absolute atomic E-state index is 0.261. The molecular formula is C19H35NS. The van der Waals surface area contributed by atoms with Gasteiger partial charge in [0, 0.05) is 15.8 Å². The van der Waals surface area contributed by atoms with E-state index in [0.29, 0.717) is 11.5 Å². The van der Waals surface area contributed by atoms with Crippen LogP contribution in [0, 0.1) is 11.3 Å². The van der Waals surface area contributed by atoms with Crippen molar-refractivity contribution in [2.24, 2.45) is 11.3 Å². The summed E-state index contributed by atoms with van der Waals surface area (Å²) in [6.07, 6.45) is 2.52. The Morgan fingerprint density at radius 2 is 1.71 bits per heavy atom. The summed E-state index contributed by atoms with van der Waals surface area (Å²) in [6.45, 7) is 19.6. The molecule has 1 N–H and O–H groups in total. The van der Waals surface area contributed by atoms with E-state index in [1.54, 1.807) is 0 Å². The third-order valence-electron chi connectivity index (χ3n) is 3.76. The van der Waals surface area contributed by atoms with Gasteiger partial charge in [-0.1, -0.05) is 55.4 Å². The molecule has 1 nitrogen and oxygen atoms in total. The lowest BCUT2D eigenvalue weighted by molar-refractivity contribution is 0.277. The molecule has 0 saturated heterocycles. The van der Waals surface area contributed by atoms with Gasteiger partial charge >= 0.3 is 0 Å². The van der Waals surface area contributed by atoms with Crippen LogP contribution in [-0.4, -0.2) is 6.54 Å². The Bertz CT molecular complexity index is 420. The first-order valence-electron chi connectivity index (χ1n) is 8.36. The van der Waals surface area contributed by atoms with Crippen LogP contribution in [0.2, 0.25) is 0 Å². The van der Waals surface area contributed by atoms with Gasteiger partial charge in [0.1, 0.15) is 0 Å². The maximum Gasteiger partial charge on any atom is 0.0417 e. The molecular weight excluding hydrogens is 274 g/mol. The molecule has 0 aliphatic heterocycles. The van der Waals surface area contributed by atoms with Crippen molar-refractivity contribution in [3.63, 3.8) is 0 Å². The highest BCUT2D eigenvalue weighted by molar-refractivity contribution is 7.12. The van der Waals surface area contributed by atoms with Gasteiger partial charge in [-0.15, -0.1) is 11.3 Å². The standard InChI is InChI=1S/C19H35NS/c1-9-20-15(12-14(2)13-18(3,4)5)16-10-11-17(21-16)19(6,7)8/h10-11,14-15,20H,9,12-13H2,1-8H3. The summed E-state index contributed by atoms with van der Waals surface area (Å²) in [4.78, 5) is 2.99. The molecule has 2 atom stereocenters. The third-order valence-corrected chi connectivity index (χ3v) is 5.38. The molecule has 0 fully saturated rings. The van der Waals surface area contributed by atoms with Crippen molar-refractivity contribution in [1.29, 1.82) is 0 Å². The molecule has 0 bridgehead atoms. The molecule has 1 rings (SSSR count). The Balaban J connectivity index is 2.79. The van der Waals surface area contributed by atoms with Gasteiger partial charge in [-0.3, -0.25) is 0 Å². The van der Waals surface area contributed by atoms with Crippen LogP contribution in [-0.2, 0) is 5.41 Å². The molecule has 2 unspecified atom stereocenters. The molecule has 21 heavy (non-hydrogen) atoms. The largest absolute Gasteiger partial charge is 0.310 e. The summed E-state index contributed by atoms with van der Waals surface area (Å²) < 4.78 is 0. The summed E-state index contributed by atoms with van der Waals surface area (Å²) in [5, 5.41) is 3.69. The molecule has 0 aromatic carbocycles. The van der Waals surface area contributed by atoms with E-state index >= 15 is 0 Å². The predicted molar refractivity (Wildman–Crippen MR) is 97.3 cm³/mol. The molecule has 0 amide bonds. The molecule has 0 radical (unpaired) electrons. The molecule has 1 aromatic heterocycles. The fourth-order valence-corrected chi connectivity index (χ4v) is 4.17. The first-order chi connectivity index (χ1) is 9.53. The summed E-state index contributed by atoms with van der Waals surface area (Å²) in [6, 6.07) is 5.16. The average molecular weight is 310 g/mol. The Morgan fingerprint density at radius 1 is 1.10 bits per heavy atom. The summed E-state index contributed by atoms with van der Waals surface area (Å²) in [5.41, 5.74) is 0.679. The summed E-state index contributed by atoms with van der Waals surface area (Å²) in [7, 11) is 0. The van der Waals surface area contributed by atoms with Crippen LogP contribution in [0.4, 0.5) is 0 Å². The second-order valence-electron chi connectivity index (χ2n) is 8.67. The Hall–Kier alpha value is -0.340. The molecule has 2 heteroatoms. The fraction of sp³-hybridized carbons (Fsp3) is 0.789. The fourth-order valence-electron chi connectivity index (χ4n) is 3.02. The predicted octanol–water partition coefficient (Wildman–Crippen LogP) is 6.16. The Labute approximate surface area is 136 Å².